The van der Waals surface area contributed by atoms with Gasteiger partial charge in [0.25, 0.3) is 0 Å². The van der Waals surface area contributed by atoms with Gasteiger partial charge in [-0.2, -0.15) is 0 Å². The average molecular weight is 348 g/mol. The van der Waals surface area contributed by atoms with Crippen molar-refractivity contribution in [1.82, 2.24) is 10.1 Å². The number of carbonyl (C=O) groups excluding carboxylic acids is 2. The zero-order valence-corrected chi connectivity index (χ0v) is 13.9. The number of carbonyl (C=O) groups is 2. The minimum atomic E-state index is -0.522. The zero-order valence-electron chi connectivity index (χ0n) is 13.1. The predicted octanol–water partition coefficient (Wildman–Crippen LogP) is 2.43. The molecule has 0 bridgehead atoms. The number of esters is 1. The summed E-state index contributed by atoms with van der Waals surface area (Å²) in [5, 5.41) is 3.87. The first-order chi connectivity index (χ1) is 11.6. The molecule has 7 nitrogen and oxygen atoms in total. The van der Waals surface area contributed by atoms with Crippen LogP contribution in [0.25, 0.3) is 11.5 Å². The average Bonchev–Trinajstić information content (AvgIpc) is 3.31. The van der Waals surface area contributed by atoms with Gasteiger partial charge in [0.1, 0.15) is 18.3 Å². The summed E-state index contributed by atoms with van der Waals surface area (Å²) in [6.07, 6.45) is 2.80. The molecule has 2 aromatic heterocycles. The van der Waals surface area contributed by atoms with Gasteiger partial charge < -0.3 is 18.6 Å². The van der Waals surface area contributed by atoms with Crippen LogP contribution < -0.4 is 0 Å². The molecule has 0 N–H and O–H groups in total. The number of hydrogen-bond acceptors (Lipinski definition) is 7. The van der Waals surface area contributed by atoms with Crippen molar-refractivity contribution in [2.75, 3.05) is 5.75 Å². The third kappa shape index (κ3) is 2.50. The summed E-state index contributed by atoms with van der Waals surface area (Å²) in [5.41, 5.74) is 0.496. The molecule has 0 radical (unpaired) electrons. The number of hydrogen-bond donors (Lipinski definition) is 0. The number of amides is 1. The molecule has 2 aromatic rings. The summed E-state index contributed by atoms with van der Waals surface area (Å²) in [7, 11) is 0. The molecule has 2 aliphatic rings. The number of nitrogens with zero attached hydrogens (tertiary/aromatic N) is 2. The Labute approximate surface area is 142 Å². The number of thioether (sulfide) groups is 1. The van der Waals surface area contributed by atoms with Crippen molar-refractivity contribution in [2.24, 2.45) is 0 Å². The SMILES string of the molecule is C[C@]12CCC(=O)N1[C@H](C(=O)OCc1cc(-c3ccco3)on1)CS2. The van der Waals surface area contributed by atoms with E-state index >= 15 is 0 Å². The number of furan rings is 1. The molecule has 2 atom stereocenters. The predicted molar refractivity (Wildman–Crippen MR) is 84.7 cm³/mol. The molecular formula is C16H16N2O5S. The first-order valence-corrected chi connectivity index (χ1v) is 8.68. The quantitative estimate of drug-likeness (QED) is 0.784. The summed E-state index contributed by atoms with van der Waals surface area (Å²) < 4.78 is 15.7. The largest absolute Gasteiger partial charge is 0.461 e. The first kappa shape index (κ1) is 15.3. The van der Waals surface area contributed by atoms with Crippen molar-refractivity contribution in [3.63, 3.8) is 0 Å². The zero-order chi connectivity index (χ0) is 16.7. The van der Waals surface area contributed by atoms with Crippen LogP contribution in [0.1, 0.15) is 25.5 Å². The van der Waals surface area contributed by atoms with Crippen molar-refractivity contribution in [3.8, 4) is 11.5 Å². The molecule has 0 unspecified atom stereocenters. The molecule has 2 aliphatic heterocycles. The van der Waals surface area contributed by atoms with E-state index in [4.69, 9.17) is 13.7 Å². The van der Waals surface area contributed by atoms with Crippen molar-refractivity contribution in [2.45, 2.75) is 37.3 Å². The van der Waals surface area contributed by atoms with Gasteiger partial charge in [-0.25, -0.2) is 4.79 Å². The van der Waals surface area contributed by atoms with Crippen LogP contribution in [0, 0.1) is 0 Å². The second-order valence-electron chi connectivity index (χ2n) is 6.03. The van der Waals surface area contributed by atoms with Gasteiger partial charge in [-0.05, 0) is 25.5 Å². The van der Waals surface area contributed by atoms with Gasteiger partial charge in [-0.1, -0.05) is 5.16 Å². The van der Waals surface area contributed by atoms with Crippen LogP contribution in [0.3, 0.4) is 0 Å². The lowest BCUT2D eigenvalue weighted by Gasteiger charge is -2.29. The number of fused-ring (bicyclic) bond motifs is 1. The first-order valence-electron chi connectivity index (χ1n) is 7.69. The maximum atomic E-state index is 12.4. The summed E-state index contributed by atoms with van der Waals surface area (Å²) >= 11 is 1.64. The maximum Gasteiger partial charge on any atom is 0.330 e. The fourth-order valence-electron chi connectivity index (χ4n) is 3.15. The topological polar surface area (TPSA) is 85.8 Å². The highest BCUT2D eigenvalue weighted by atomic mass is 32.2. The van der Waals surface area contributed by atoms with Crippen LogP contribution in [-0.4, -0.2) is 38.6 Å². The highest BCUT2D eigenvalue weighted by Crippen LogP contribution is 2.47. The van der Waals surface area contributed by atoms with Gasteiger partial charge >= 0.3 is 5.97 Å². The van der Waals surface area contributed by atoms with Gasteiger partial charge in [-0.15, -0.1) is 11.8 Å². The standard InChI is InChI=1S/C16H16N2O5S/c1-16-5-4-14(19)18(16)11(9-24-16)15(20)22-8-10-7-13(23-17-10)12-3-2-6-21-12/h2-3,6-7,11H,4-5,8-9H2,1H3/t11-,16-/m0/s1. The van der Waals surface area contributed by atoms with E-state index in [1.54, 1.807) is 41.1 Å². The summed E-state index contributed by atoms with van der Waals surface area (Å²) in [4.78, 5) is 25.8. The lowest BCUT2D eigenvalue weighted by Crippen LogP contribution is -2.46. The van der Waals surface area contributed by atoms with Gasteiger partial charge in [0.05, 0.1) is 11.1 Å². The third-order valence-corrected chi connectivity index (χ3v) is 5.91. The number of aromatic nitrogens is 1. The number of rotatable bonds is 4. The van der Waals surface area contributed by atoms with Crippen molar-refractivity contribution < 1.29 is 23.3 Å². The fourth-order valence-corrected chi connectivity index (χ4v) is 4.57. The van der Waals surface area contributed by atoms with E-state index in [1.165, 1.54) is 0 Å². The van der Waals surface area contributed by atoms with Gasteiger partial charge in [0.15, 0.2) is 5.76 Å². The minimum absolute atomic E-state index is 0.00293. The fraction of sp³-hybridized carbons (Fsp3) is 0.438. The van der Waals surface area contributed by atoms with E-state index in [1.807, 2.05) is 6.92 Å². The van der Waals surface area contributed by atoms with Crippen LogP contribution in [0.2, 0.25) is 0 Å². The minimum Gasteiger partial charge on any atom is -0.461 e. The Morgan fingerprint density at radius 1 is 1.54 bits per heavy atom. The Morgan fingerprint density at radius 2 is 2.42 bits per heavy atom. The van der Waals surface area contributed by atoms with Crippen LogP contribution >= 0.6 is 11.8 Å². The van der Waals surface area contributed by atoms with Gasteiger partial charge in [0, 0.05) is 18.2 Å². The van der Waals surface area contributed by atoms with Crippen LogP contribution in [0.15, 0.2) is 33.4 Å². The summed E-state index contributed by atoms with van der Waals surface area (Å²) in [6.45, 7) is 2.01. The van der Waals surface area contributed by atoms with E-state index < -0.39 is 12.0 Å². The van der Waals surface area contributed by atoms with Crippen LogP contribution in [0.4, 0.5) is 0 Å². The molecule has 2 saturated heterocycles. The molecule has 0 spiro atoms. The molecular weight excluding hydrogens is 332 g/mol. The smallest absolute Gasteiger partial charge is 0.330 e. The van der Waals surface area contributed by atoms with Crippen molar-refractivity contribution in [1.29, 1.82) is 0 Å². The normalized spacial score (nSPS) is 26.0. The van der Waals surface area contributed by atoms with E-state index in [0.717, 1.165) is 6.42 Å². The second kappa shape index (κ2) is 5.70. The lowest BCUT2D eigenvalue weighted by molar-refractivity contribution is -0.154. The van der Waals surface area contributed by atoms with Crippen LogP contribution in [0.5, 0.6) is 0 Å². The highest BCUT2D eigenvalue weighted by Gasteiger charge is 2.53. The molecule has 0 aromatic carbocycles. The molecule has 8 heteroatoms. The monoisotopic (exact) mass is 348 g/mol. The van der Waals surface area contributed by atoms with Gasteiger partial charge in [-0.3, -0.25) is 4.79 Å². The maximum absolute atomic E-state index is 12.4. The van der Waals surface area contributed by atoms with E-state index in [2.05, 4.69) is 5.16 Å². The molecule has 4 rings (SSSR count). The Kier molecular flexibility index (Phi) is 3.64. The second-order valence-corrected chi connectivity index (χ2v) is 7.53. The molecule has 24 heavy (non-hydrogen) atoms. The summed E-state index contributed by atoms with van der Waals surface area (Å²) in [6, 6.07) is 4.65. The highest BCUT2D eigenvalue weighted by molar-refractivity contribution is 8.01. The van der Waals surface area contributed by atoms with Crippen molar-refractivity contribution >= 4 is 23.6 Å². The van der Waals surface area contributed by atoms with E-state index in [0.29, 0.717) is 29.4 Å². The number of ether oxygens (including phenoxy) is 1. The molecule has 126 valence electrons. The summed E-state index contributed by atoms with van der Waals surface area (Å²) in [5.74, 6) is 1.22. The Morgan fingerprint density at radius 3 is 3.21 bits per heavy atom. The Bertz CT molecular complexity index is 771. The van der Waals surface area contributed by atoms with Crippen LogP contribution in [-0.2, 0) is 20.9 Å². The Hall–Kier alpha value is -2.22. The molecule has 2 fully saturated rings. The van der Waals surface area contributed by atoms with Crippen molar-refractivity contribution in [3.05, 3.63) is 30.2 Å². The van der Waals surface area contributed by atoms with E-state index in [9.17, 15) is 9.59 Å². The molecule has 0 aliphatic carbocycles. The molecule has 1 amide bonds. The third-order valence-electron chi connectivity index (χ3n) is 4.40. The Balaban J connectivity index is 1.40. The molecule has 4 heterocycles. The molecule has 0 saturated carbocycles. The van der Waals surface area contributed by atoms with Gasteiger partial charge in [0.2, 0.25) is 11.7 Å². The lowest BCUT2D eigenvalue weighted by atomic mass is 10.2. The van der Waals surface area contributed by atoms with E-state index in [-0.39, 0.29) is 17.4 Å².